The predicted octanol–water partition coefficient (Wildman–Crippen LogP) is 5.39. The number of amides is 1. The number of methoxy groups -OCH3 is 1. The molecule has 2 fully saturated rings. The summed E-state index contributed by atoms with van der Waals surface area (Å²) >= 11 is 0. The van der Waals surface area contributed by atoms with Gasteiger partial charge in [-0.05, 0) is 60.6 Å². The lowest BCUT2D eigenvalue weighted by Gasteiger charge is -2.39. The van der Waals surface area contributed by atoms with Gasteiger partial charge in [0.2, 0.25) is 0 Å². The summed E-state index contributed by atoms with van der Waals surface area (Å²) in [6.45, 7) is 5.43. The van der Waals surface area contributed by atoms with Gasteiger partial charge in [-0.15, -0.1) is 0 Å². The van der Waals surface area contributed by atoms with E-state index in [9.17, 15) is 4.79 Å². The van der Waals surface area contributed by atoms with Gasteiger partial charge < -0.3 is 28.6 Å². The molecule has 0 aliphatic carbocycles. The summed E-state index contributed by atoms with van der Waals surface area (Å²) in [5.41, 5.74) is 3.91. The zero-order valence-corrected chi connectivity index (χ0v) is 23.3. The van der Waals surface area contributed by atoms with Crippen molar-refractivity contribution in [1.82, 2.24) is 9.88 Å². The van der Waals surface area contributed by atoms with Gasteiger partial charge in [-0.25, -0.2) is 0 Å². The molecule has 5 rings (SSSR count). The molecular weight excluding hydrogens is 508 g/mol. The van der Waals surface area contributed by atoms with Crippen LogP contribution in [-0.2, 0) is 22.5 Å². The van der Waals surface area contributed by atoms with Crippen LogP contribution in [0.1, 0.15) is 59.3 Å². The number of hydrogen-bond acceptors (Lipinski definition) is 7. The third-order valence-electron chi connectivity index (χ3n) is 7.40. The number of pyridine rings is 1. The molecule has 8 heteroatoms. The van der Waals surface area contributed by atoms with Crippen LogP contribution in [0.4, 0.5) is 0 Å². The van der Waals surface area contributed by atoms with Gasteiger partial charge in [0.25, 0.3) is 5.91 Å². The van der Waals surface area contributed by atoms with Crippen LogP contribution in [0.15, 0.2) is 60.8 Å². The van der Waals surface area contributed by atoms with E-state index >= 15 is 0 Å². The van der Waals surface area contributed by atoms with Crippen molar-refractivity contribution in [3.8, 4) is 17.2 Å². The molecule has 3 aromatic rings. The average Bonchev–Trinajstić information content (AvgIpc) is 2.98. The van der Waals surface area contributed by atoms with Crippen molar-refractivity contribution in [3.63, 3.8) is 0 Å². The topological polar surface area (TPSA) is 79.4 Å². The molecule has 1 unspecified atom stereocenters. The standard InChI is InChI=1S/C32H38N2O6/c1-3-23-7-9-24(10-8-23)22-40-29-12-11-25(18-30(29)36-2)26-20-34(21-26)32(35)28-19-27(13-14-33-28)37-16-17-39-31-6-4-5-15-38-31/h7-14,18-19,26,31H,3-6,15-17,20-22H2,1-2H3. The highest BCUT2D eigenvalue weighted by Gasteiger charge is 2.33. The highest BCUT2D eigenvalue weighted by molar-refractivity contribution is 5.93. The third-order valence-corrected chi connectivity index (χ3v) is 7.40. The molecule has 0 spiro atoms. The molecule has 0 N–H and O–H groups in total. The van der Waals surface area contributed by atoms with E-state index in [1.54, 1.807) is 30.3 Å². The second kappa shape index (κ2) is 13.6. The summed E-state index contributed by atoms with van der Waals surface area (Å²) in [5, 5.41) is 0. The highest BCUT2D eigenvalue weighted by atomic mass is 16.7. The maximum absolute atomic E-state index is 13.1. The van der Waals surface area contributed by atoms with Gasteiger partial charge in [-0.3, -0.25) is 9.78 Å². The quantitative estimate of drug-likeness (QED) is 0.282. The van der Waals surface area contributed by atoms with Crippen LogP contribution in [0, 0.1) is 0 Å². The van der Waals surface area contributed by atoms with Crippen molar-refractivity contribution >= 4 is 5.91 Å². The smallest absolute Gasteiger partial charge is 0.272 e. The lowest BCUT2D eigenvalue weighted by Crippen LogP contribution is -2.48. The minimum absolute atomic E-state index is 0.102. The van der Waals surface area contributed by atoms with E-state index in [0.717, 1.165) is 43.4 Å². The number of aromatic nitrogens is 1. The Kier molecular flexibility index (Phi) is 9.52. The minimum atomic E-state index is -0.140. The highest BCUT2D eigenvalue weighted by Crippen LogP contribution is 2.35. The SMILES string of the molecule is CCc1ccc(COc2ccc(C3CN(C(=O)c4cc(OCCOC5CCCCO5)ccn4)C3)cc2OC)cc1. The Labute approximate surface area is 236 Å². The number of nitrogens with zero attached hydrogens (tertiary/aromatic N) is 2. The van der Waals surface area contributed by atoms with Gasteiger partial charge in [0, 0.05) is 37.9 Å². The van der Waals surface area contributed by atoms with Crippen molar-refractivity contribution in [2.24, 2.45) is 0 Å². The van der Waals surface area contributed by atoms with Gasteiger partial charge in [0.15, 0.2) is 17.8 Å². The van der Waals surface area contributed by atoms with Gasteiger partial charge in [0.05, 0.1) is 13.7 Å². The first kappa shape index (κ1) is 27.9. The maximum atomic E-state index is 13.1. The van der Waals surface area contributed by atoms with Crippen molar-refractivity contribution in [2.75, 3.05) is 40.0 Å². The molecule has 212 valence electrons. The number of benzene rings is 2. The average molecular weight is 547 g/mol. The molecule has 2 aromatic carbocycles. The number of rotatable bonds is 12. The molecule has 3 heterocycles. The van der Waals surface area contributed by atoms with Gasteiger partial charge in [-0.1, -0.05) is 37.3 Å². The molecule has 1 aromatic heterocycles. The van der Waals surface area contributed by atoms with E-state index in [1.807, 2.05) is 12.1 Å². The Hall–Kier alpha value is -3.62. The fourth-order valence-corrected chi connectivity index (χ4v) is 4.91. The molecular formula is C32H38N2O6. The van der Waals surface area contributed by atoms with Crippen LogP contribution in [0.3, 0.4) is 0 Å². The Morgan fingerprint density at radius 1 is 0.975 bits per heavy atom. The number of aryl methyl sites for hydroxylation is 1. The molecule has 2 aliphatic heterocycles. The second-order valence-corrected chi connectivity index (χ2v) is 10.2. The summed E-state index contributed by atoms with van der Waals surface area (Å²) in [6.07, 6.45) is 5.62. The van der Waals surface area contributed by atoms with E-state index in [-0.39, 0.29) is 18.1 Å². The van der Waals surface area contributed by atoms with E-state index < -0.39 is 0 Å². The summed E-state index contributed by atoms with van der Waals surface area (Å²) < 4.78 is 28.7. The predicted molar refractivity (Wildman–Crippen MR) is 151 cm³/mol. The lowest BCUT2D eigenvalue weighted by atomic mass is 9.91. The first-order valence-corrected chi connectivity index (χ1v) is 14.1. The monoisotopic (exact) mass is 546 g/mol. The number of hydrogen-bond donors (Lipinski definition) is 0. The summed E-state index contributed by atoms with van der Waals surface area (Å²) in [6, 6.07) is 17.9. The fraction of sp³-hybridized carbons (Fsp3) is 0.438. The Bertz CT molecular complexity index is 1250. The summed E-state index contributed by atoms with van der Waals surface area (Å²) in [4.78, 5) is 19.1. The van der Waals surface area contributed by atoms with E-state index in [2.05, 4.69) is 42.2 Å². The van der Waals surface area contributed by atoms with Crippen LogP contribution in [0.2, 0.25) is 0 Å². The molecule has 2 saturated heterocycles. The van der Waals surface area contributed by atoms with Gasteiger partial charge >= 0.3 is 0 Å². The van der Waals surface area contributed by atoms with Crippen molar-refractivity contribution in [3.05, 3.63) is 83.2 Å². The number of carbonyl (C=O) groups excluding carboxylic acids is 1. The second-order valence-electron chi connectivity index (χ2n) is 10.2. The van der Waals surface area contributed by atoms with Gasteiger partial charge in [0.1, 0.15) is 24.7 Å². The van der Waals surface area contributed by atoms with Crippen molar-refractivity contribution in [2.45, 2.75) is 51.4 Å². The molecule has 1 atom stereocenters. The third kappa shape index (κ3) is 7.11. The van der Waals surface area contributed by atoms with E-state index in [4.69, 9.17) is 23.7 Å². The van der Waals surface area contributed by atoms with E-state index in [1.165, 1.54) is 5.56 Å². The first-order chi connectivity index (χ1) is 19.6. The minimum Gasteiger partial charge on any atom is -0.493 e. The molecule has 0 bridgehead atoms. The molecule has 0 radical (unpaired) electrons. The van der Waals surface area contributed by atoms with Crippen molar-refractivity contribution in [1.29, 1.82) is 0 Å². The van der Waals surface area contributed by atoms with Crippen LogP contribution in [-0.4, -0.2) is 62.1 Å². The normalized spacial score (nSPS) is 17.2. The zero-order valence-electron chi connectivity index (χ0n) is 23.3. The van der Waals surface area contributed by atoms with Crippen LogP contribution < -0.4 is 14.2 Å². The first-order valence-electron chi connectivity index (χ1n) is 14.1. The summed E-state index contributed by atoms with van der Waals surface area (Å²) in [7, 11) is 1.65. The Balaban J connectivity index is 1.10. The van der Waals surface area contributed by atoms with Crippen molar-refractivity contribution < 1.29 is 28.5 Å². The van der Waals surface area contributed by atoms with E-state index in [0.29, 0.717) is 55.9 Å². The molecule has 8 nitrogen and oxygen atoms in total. The van der Waals surface area contributed by atoms with Crippen LogP contribution in [0.25, 0.3) is 0 Å². The molecule has 0 saturated carbocycles. The molecule has 2 aliphatic rings. The van der Waals surface area contributed by atoms with Crippen LogP contribution >= 0.6 is 0 Å². The number of ether oxygens (including phenoxy) is 5. The fourth-order valence-electron chi connectivity index (χ4n) is 4.91. The number of carbonyl (C=O) groups is 1. The number of likely N-dealkylation sites (tertiary alicyclic amines) is 1. The molecule has 40 heavy (non-hydrogen) atoms. The zero-order chi connectivity index (χ0) is 27.7. The Morgan fingerprint density at radius 3 is 2.55 bits per heavy atom. The summed E-state index contributed by atoms with van der Waals surface area (Å²) in [5.74, 6) is 2.13. The maximum Gasteiger partial charge on any atom is 0.272 e. The molecule has 1 amide bonds. The van der Waals surface area contributed by atoms with Crippen LogP contribution in [0.5, 0.6) is 17.2 Å². The van der Waals surface area contributed by atoms with Gasteiger partial charge in [-0.2, -0.15) is 0 Å². The lowest BCUT2D eigenvalue weighted by molar-refractivity contribution is -0.165. The largest absolute Gasteiger partial charge is 0.493 e. The Morgan fingerprint density at radius 2 is 1.80 bits per heavy atom.